The topological polar surface area (TPSA) is 81.5 Å². The lowest BCUT2D eigenvalue weighted by Crippen LogP contribution is -2.18. The van der Waals surface area contributed by atoms with Gasteiger partial charge < -0.3 is 10.1 Å². The van der Waals surface area contributed by atoms with Crippen molar-refractivity contribution in [2.75, 3.05) is 13.7 Å². The zero-order valence-electron chi connectivity index (χ0n) is 16.8. The summed E-state index contributed by atoms with van der Waals surface area (Å²) in [7, 11) is 1.25. The van der Waals surface area contributed by atoms with Crippen molar-refractivity contribution in [2.45, 2.75) is 18.9 Å². The van der Waals surface area contributed by atoms with Crippen molar-refractivity contribution < 1.29 is 14.5 Å². The number of rotatable bonds is 9. The van der Waals surface area contributed by atoms with Crippen LogP contribution in [-0.4, -0.2) is 24.5 Å². The van der Waals surface area contributed by atoms with E-state index in [-0.39, 0.29) is 17.2 Å². The molecule has 1 N–H and O–H groups in total. The van der Waals surface area contributed by atoms with E-state index in [0.717, 1.165) is 6.42 Å². The molecule has 0 fully saturated rings. The van der Waals surface area contributed by atoms with Crippen LogP contribution in [0.4, 0.5) is 5.69 Å². The van der Waals surface area contributed by atoms with Gasteiger partial charge in [0, 0.05) is 24.1 Å². The second-order valence-corrected chi connectivity index (χ2v) is 6.93. The van der Waals surface area contributed by atoms with Gasteiger partial charge in [-0.15, -0.1) is 0 Å². The highest BCUT2D eigenvalue weighted by molar-refractivity contribution is 5.90. The van der Waals surface area contributed by atoms with E-state index in [2.05, 4.69) is 34.3 Å². The Morgan fingerprint density at radius 1 is 1.00 bits per heavy atom. The lowest BCUT2D eigenvalue weighted by molar-refractivity contribution is -0.385. The first-order valence-electron chi connectivity index (χ1n) is 9.76. The average Bonchev–Trinajstić information content (AvgIpc) is 2.79. The summed E-state index contributed by atoms with van der Waals surface area (Å²) < 4.78 is 4.64. The fourth-order valence-corrected chi connectivity index (χ4v) is 3.49. The highest BCUT2D eigenvalue weighted by Crippen LogP contribution is 2.27. The Kier molecular flexibility index (Phi) is 7.29. The third kappa shape index (κ3) is 5.30. The number of methoxy groups -OCH3 is 1. The normalized spacial score (nSPS) is 10.7. The van der Waals surface area contributed by atoms with Crippen LogP contribution >= 0.6 is 0 Å². The molecule has 0 atom stereocenters. The number of nitro groups is 1. The fourth-order valence-electron chi connectivity index (χ4n) is 3.49. The van der Waals surface area contributed by atoms with E-state index >= 15 is 0 Å². The van der Waals surface area contributed by atoms with Crippen molar-refractivity contribution >= 4 is 11.7 Å². The Labute approximate surface area is 175 Å². The van der Waals surface area contributed by atoms with Crippen LogP contribution in [0.1, 0.15) is 39.4 Å². The minimum Gasteiger partial charge on any atom is -0.465 e. The predicted molar refractivity (Wildman–Crippen MR) is 115 cm³/mol. The summed E-state index contributed by atoms with van der Waals surface area (Å²) in [5.41, 5.74) is 3.08. The first-order valence-corrected chi connectivity index (χ1v) is 9.76. The van der Waals surface area contributed by atoms with Crippen LogP contribution in [0.3, 0.4) is 0 Å². The van der Waals surface area contributed by atoms with Gasteiger partial charge in [-0.3, -0.25) is 10.1 Å². The number of nitrogens with zero attached hydrogens (tertiary/aromatic N) is 1. The molecule has 0 saturated carbocycles. The summed E-state index contributed by atoms with van der Waals surface area (Å²) in [5.74, 6) is -0.359. The van der Waals surface area contributed by atoms with Crippen molar-refractivity contribution in [1.29, 1.82) is 0 Å². The molecule has 3 rings (SSSR count). The van der Waals surface area contributed by atoms with Gasteiger partial charge in [-0.2, -0.15) is 0 Å². The molecule has 6 nitrogen and oxygen atoms in total. The Balaban J connectivity index is 1.68. The number of carbonyl (C=O) groups excluding carboxylic acids is 1. The molecule has 30 heavy (non-hydrogen) atoms. The van der Waals surface area contributed by atoms with E-state index in [4.69, 9.17) is 0 Å². The molecule has 0 aliphatic heterocycles. The van der Waals surface area contributed by atoms with Crippen molar-refractivity contribution in [2.24, 2.45) is 0 Å². The number of nitro benzene ring substituents is 1. The van der Waals surface area contributed by atoms with Gasteiger partial charge in [0.05, 0.1) is 17.6 Å². The molecule has 6 heteroatoms. The van der Waals surface area contributed by atoms with Gasteiger partial charge in [0.2, 0.25) is 0 Å². The lowest BCUT2D eigenvalue weighted by Gasteiger charge is -2.18. The number of hydrogen-bond acceptors (Lipinski definition) is 5. The van der Waals surface area contributed by atoms with Crippen molar-refractivity contribution in [3.8, 4) is 0 Å². The van der Waals surface area contributed by atoms with Gasteiger partial charge in [0.1, 0.15) is 0 Å². The molecular weight excluding hydrogens is 380 g/mol. The van der Waals surface area contributed by atoms with Crippen LogP contribution < -0.4 is 5.32 Å². The molecule has 0 aliphatic rings. The quantitative estimate of drug-likeness (QED) is 0.242. The van der Waals surface area contributed by atoms with Crippen LogP contribution in [0.5, 0.6) is 0 Å². The Morgan fingerprint density at radius 2 is 1.60 bits per heavy atom. The molecule has 0 aromatic heterocycles. The Morgan fingerprint density at radius 3 is 2.13 bits per heavy atom. The van der Waals surface area contributed by atoms with Gasteiger partial charge in [0.15, 0.2) is 0 Å². The molecule has 0 spiro atoms. The van der Waals surface area contributed by atoms with Crippen molar-refractivity contribution in [3.05, 3.63) is 111 Å². The maximum atomic E-state index is 11.6. The molecular formula is C24H24N2O4. The maximum absolute atomic E-state index is 11.6. The van der Waals surface area contributed by atoms with E-state index in [1.54, 1.807) is 12.1 Å². The summed E-state index contributed by atoms with van der Waals surface area (Å²) in [6.07, 6.45) is 0.849. The molecule has 0 saturated heterocycles. The SMILES string of the molecule is COC(=O)c1ccc(CNCCC(c2ccccc2)c2ccccc2)c([N+](=O)[O-])c1. The highest BCUT2D eigenvalue weighted by Gasteiger charge is 2.18. The van der Waals surface area contributed by atoms with Crippen LogP contribution in [0.25, 0.3) is 0 Å². The zero-order chi connectivity index (χ0) is 21.3. The van der Waals surface area contributed by atoms with Gasteiger partial charge in [-0.1, -0.05) is 66.7 Å². The van der Waals surface area contributed by atoms with Crippen LogP contribution in [0, 0.1) is 10.1 Å². The molecule has 0 heterocycles. The van der Waals surface area contributed by atoms with Crippen LogP contribution in [0.15, 0.2) is 78.9 Å². The Hall–Kier alpha value is -3.51. The number of nitrogens with one attached hydrogen (secondary N) is 1. The monoisotopic (exact) mass is 404 g/mol. The summed E-state index contributed by atoms with van der Waals surface area (Å²) in [5, 5.41) is 14.7. The van der Waals surface area contributed by atoms with E-state index in [9.17, 15) is 14.9 Å². The molecule has 154 valence electrons. The average molecular weight is 404 g/mol. The molecule has 0 unspecified atom stereocenters. The van der Waals surface area contributed by atoms with Gasteiger partial charge >= 0.3 is 5.97 Å². The third-order valence-electron chi connectivity index (χ3n) is 5.03. The first-order chi connectivity index (χ1) is 14.6. The largest absolute Gasteiger partial charge is 0.465 e. The van der Waals surface area contributed by atoms with Gasteiger partial charge in [-0.05, 0) is 30.2 Å². The molecule has 0 radical (unpaired) electrons. The molecule has 0 bridgehead atoms. The van der Waals surface area contributed by atoms with E-state index in [0.29, 0.717) is 18.7 Å². The summed E-state index contributed by atoms with van der Waals surface area (Å²) in [4.78, 5) is 22.6. The molecule has 3 aromatic rings. The molecule has 3 aromatic carbocycles. The zero-order valence-corrected chi connectivity index (χ0v) is 16.8. The summed E-state index contributed by atoms with van der Waals surface area (Å²) in [6.45, 7) is 1.03. The minimum absolute atomic E-state index is 0.0898. The second-order valence-electron chi connectivity index (χ2n) is 6.93. The third-order valence-corrected chi connectivity index (χ3v) is 5.03. The van der Waals surface area contributed by atoms with Crippen LogP contribution in [-0.2, 0) is 11.3 Å². The number of carbonyl (C=O) groups is 1. The fraction of sp³-hybridized carbons (Fsp3) is 0.208. The Bertz CT molecular complexity index is 951. The van der Waals surface area contributed by atoms with Crippen molar-refractivity contribution in [3.63, 3.8) is 0 Å². The van der Waals surface area contributed by atoms with Crippen molar-refractivity contribution in [1.82, 2.24) is 5.32 Å². The first kappa shape index (κ1) is 21.2. The summed E-state index contributed by atoms with van der Waals surface area (Å²) in [6, 6.07) is 25.0. The molecule has 0 aliphatic carbocycles. The number of ether oxygens (including phenoxy) is 1. The maximum Gasteiger partial charge on any atom is 0.338 e. The van der Waals surface area contributed by atoms with E-state index in [1.165, 1.54) is 24.3 Å². The summed E-state index contributed by atoms with van der Waals surface area (Å²) >= 11 is 0. The lowest BCUT2D eigenvalue weighted by atomic mass is 9.88. The van der Waals surface area contributed by atoms with Gasteiger partial charge in [0.25, 0.3) is 5.69 Å². The smallest absolute Gasteiger partial charge is 0.338 e. The van der Waals surface area contributed by atoms with E-state index in [1.807, 2.05) is 36.4 Å². The standard InChI is InChI=1S/C24H24N2O4/c1-30-24(27)20-12-13-21(23(16-20)26(28)29)17-25-15-14-22(18-8-4-2-5-9-18)19-10-6-3-7-11-19/h2-13,16,22,25H,14-15,17H2,1H3. The number of hydrogen-bond donors (Lipinski definition) is 1. The number of benzene rings is 3. The van der Waals surface area contributed by atoms with E-state index < -0.39 is 10.9 Å². The number of esters is 1. The molecule has 0 amide bonds. The second kappa shape index (κ2) is 10.3. The minimum atomic E-state index is -0.592. The predicted octanol–water partition coefficient (Wildman–Crippen LogP) is 4.69. The highest BCUT2D eigenvalue weighted by atomic mass is 16.6. The van der Waals surface area contributed by atoms with Crippen LogP contribution in [0.2, 0.25) is 0 Å². The van der Waals surface area contributed by atoms with Gasteiger partial charge in [-0.25, -0.2) is 4.79 Å².